The summed E-state index contributed by atoms with van der Waals surface area (Å²) in [6.07, 6.45) is 2.09. The van der Waals surface area contributed by atoms with Gasteiger partial charge >= 0.3 is 0 Å². The van der Waals surface area contributed by atoms with Crippen molar-refractivity contribution in [3.8, 4) is 0 Å². The molecule has 0 bridgehead atoms. The van der Waals surface area contributed by atoms with E-state index < -0.39 is 0 Å². The molecule has 1 atom stereocenters. The lowest BCUT2D eigenvalue weighted by Gasteiger charge is -2.14. The summed E-state index contributed by atoms with van der Waals surface area (Å²) >= 11 is 0. The first-order chi connectivity index (χ1) is 7.50. The van der Waals surface area contributed by atoms with Gasteiger partial charge in [0.05, 0.1) is 11.7 Å². The van der Waals surface area contributed by atoms with Gasteiger partial charge in [0.2, 0.25) is 5.91 Å². The fraction of sp³-hybridized carbons (Fsp3) is 0.667. The van der Waals surface area contributed by atoms with Crippen molar-refractivity contribution in [2.45, 2.75) is 39.7 Å². The molecule has 0 saturated heterocycles. The Kier molecular flexibility index (Phi) is 2.74. The highest BCUT2D eigenvalue weighted by Crippen LogP contribution is 2.30. The highest BCUT2D eigenvalue weighted by Gasteiger charge is 2.31. The van der Waals surface area contributed by atoms with Gasteiger partial charge in [-0.2, -0.15) is 5.10 Å². The number of carbonyl (C=O) groups excluding carboxylic acids is 1. The average molecular weight is 221 g/mol. The molecule has 16 heavy (non-hydrogen) atoms. The molecule has 88 valence electrons. The Labute approximate surface area is 96.0 Å². The summed E-state index contributed by atoms with van der Waals surface area (Å²) in [5, 5.41) is 7.43. The quantitative estimate of drug-likeness (QED) is 0.843. The number of carbonyl (C=O) groups is 1. The molecule has 0 aromatic carbocycles. The summed E-state index contributed by atoms with van der Waals surface area (Å²) in [5.41, 5.74) is 3.28. The van der Waals surface area contributed by atoms with Gasteiger partial charge in [-0.15, -0.1) is 0 Å². The van der Waals surface area contributed by atoms with Crippen molar-refractivity contribution in [3.63, 3.8) is 0 Å². The van der Waals surface area contributed by atoms with Crippen molar-refractivity contribution in [2.24, 2.45) is 13.0 Å². The van der Waals surface area contributed by atoms with Gasteiger partial charge in [-0.3, -0.25) is 9.48 Å². The predicted octanol–water partition coefficient (Wildman–Crippen LogP) is 1.62. The Hall–Kier alpha value is -1.32. The molecule has 1 fully saturated rings. The third-order valence-electron chi connectivity index (χ3n) is 3.30. The zero-order valence-corrected chi connectivity index (χ0v) is 10.4. The molecule has 0 spiro atoms. The van der Waals surface area contributed by atoms with E-state index in [4.69, 9.17) is 0 Å². The Morgan fingerprint density at radius 2 is 2.12 bits per heavy atom. The van der Waals surface area contributed by atoms with Gasteiger partial charge in [0.1, 0.15) is 0 Å². The van der Waals surface area contributed by atoms with Crippen LogP contribution in [0.2, 0.25) is 0 Å². The van der Waals surface area contributed by atoms with E-state index in [1.807, 2.05) is 32.5 Å². The van der Waals surface area contributed by atoms with Gasteiger partial charge < -0.3 is 5.32 Å². The van der Waals surface area contributed by atoms with Crippen LogP contribution in [0.4, 0.5) is 0 Å². The van der Waals surface area contributed by atoms with Crippen LogP contribution in [0.15, 0.2) is 0 Å². The van der Waals surface area contributed by atoms with Crippen molar-refractivity contribution in [2.75, 3.05) is 0 Å². The smallest absolute Gasteiger partial charge is 0.223 e. The lowest BCUT2D eigenvalue weighted by Crippen LogP contribution is -2.28. The summed E-state index contributed by atoms with van der Waals surface area (Å²) in [6.45, 7) is 6.05. The zero-order valence-electron chi connectivity index (χ0n) is 10.4. The molecular formula is C12H19N3O. The van der Waals surface area contributed by atoms with E-state index in [2.05, 4.69) is 10.4 Å². The van der Waals surface area contributed by atoms with Crippen LogP contribution in [0.25, 0.3) is 0 Å². The maximum absolute atomic E-state index is 11.7. The molecule has 1 aromatic heterocycles. The van der Waals surface area contributed by atoms with Crippen molar-refractivity contribution in [1.29, 1.82) is 0 Å². The lowest BCUT2D eigenvalue weighted by molar-refractivity contribution is -0.122. The van der Waals surface area contributed by atoms with E-state index in [-0.39, 0.29) is 17.9 Å². The van der Waals surface area contributed by atoms with Crippen LogP contribution in [0.1, 0.15) is 42.8 Å². The number of nitrogens with zero attached hydrogens (tertiary/aromatic N) is 2. The molecule has 1 amide bonds. The molecule has 0 radical (unpaired) electrons. The van der Waals surface area contributed by atoms with E-state index >= 15 is 0 Å². The summed E-state index contributed by atoms with van der Waals surface area (Å²) in [5.74, 6) is 0.454. The summed E-state index contributed by atoms with van der Waals surface area (Å²) in [7, 11) is 1.93. The van der Waals surface area contributed by atoms with Crippen LogP contribution in [0.5, 0.6) is 0 Å². The number of hydrogen-bond acceptors (Lipinski definition) is 2. The van der Waals surface area contributed by atoms with Gasteiger partial charge in [0.25, 0.3) is 0 Å². The minimum atomic E-state index is 0.0572. The normalized spacial score (nSPS) is 17.2. The van der Waals surface area contributed by atoms with E-state index in [9.17, 15) is 4.79 Å². The monoisotopic (exact) mass is 221 g/mol. The van der Waals surface area contributed by atoms with Crippen LogP contribution < -0.4 is 5.32 Å². The number of hydrogen-bond donors (Lipinski definition) is 1. The molecule has 1 saturated carbocycles. The van der Waals surface area contributed by atoms with Crippen molar-refractivity contribution in [3.05, 3.63) is 17.0 Å². The molecule has 1 aliphatic rings. The molecule has 1 aliphatic carbocycles. The summed E-state index contributed by atoms with van der Waals surface area (Å²) in [4.78, 5) is 11.7. The number of amides is 1. The SMILES string of the molecule is Cc1nn(C)c(C)c1C(C)NC(=O)C1CC1. The van der Waals surface area contributed by atoms with Crippen molar-refractivity contribution >= 4 is 5.91 Å². The molecule has 1 N–H and O–H groups in total. The number of rotatable bonds is 3. The first-order valence-electron chi connectivity index (χ1n) is 5.81. The Morgan fingerprint density at radius 1 is 1.50 bits per heavy atom. The Balaban J connectivity index is 2.13. The number of aromatic nitrogens is 2. The molecule has 4 heteroatoms. The summed E-state index contributed by atoms with van der Waals surface area (Å²) < 4.78 is 1.87. The fourth-order valence-corrected chi connectivity index (χ4v) is 2.17. The van der Waals surface area contributed by atoms with Crippen LogP contribution in [0, 0.1) is 19.8 Å². The minimum Gasteiger partial charge on any atom is -0.349 e. The van der Waals surface area contributed by atoms with Crippen LogP contribution in [-0.2, 0) is 11.8 Å². The van der Waals surface area contributed by atoms with Gasteiger partial charge in [-0.1, -0.05) is 0 Å². The minimum absolute atomic E-state index is 0.0572. The topological polar surface area (TPSA) is 46.9 Å². The standard InChI is InChI=1S/C12H19N3O/c1-7(13-12(16)10-5-6-10)11-8(2)14-15(4)9(11)3/h7,10H,5-6H2,1-4H3,(H,13,16). The van der Waals surface area contributed by atoms with Crippen LogP contribution >= 0.6 is 0 Å². The first-order valence-corrected chi connectivity index (χ1v) is 5.81. The largest absolute Gasteiger partial charge is 0.349 e. The van der Waals surface area contributed by atoms with Crippen LogP contribution in [-0.4, -0.2) is 15.7 Å². The highest BCUT2D eigenvalue weighted by molar-refractivity contribution is 5.81. The average Bonchev–Trinajstić information content (AvgIpc) is 2.96. The molecule has 1 heterocycles. The lowest BCUT2D eigenvalue weighted by atomic mass is 10.1. The second-order valence-corrected chi connectivity index (χ2v) is 4.71. The number of nitrogens with one attached hydrogen (secondary N) is 1. The third kappa shape index (κ3) is 1.96. The van der Waals surface area contributed by atoms with Gasteiger partial charge in [-0.05, 0) is 33.6 Å². The Bertz CT molecular complexity index is 418. The molecule has 2 rings (SSSR count). The van der Waals surface area contributed by atoms with Crippen molar-refractivity contribution in [1.82, 2.24) is 15.1 Å². The molecule has 1 unspecified atom stereocenters. The molecule has 4 nitrogen and oxygen atoms in total. The van der Waals surface area contributed by atoms with E-state index in [1.54, 1.807) is 0 Å². The molecule has 0 aliphatic heterocycles. The maximum Gasteiger partial charge on any atom is 0.223 e. The first kappa shape index (κ1) is 11.2. The van der Waals surface area contributed by atoms with Gasteiger partial charge in [0.15, 0.2) is 0 Å². The van der Waals surface area contributed by atoms with E-state index in [0.717, 1.165) is 29.8 Å². The van der Waals surface area contributed by atoms with E-state index in [1.165, 1.54) is 0 Å². The fourth-order valence-electron chi connectivity index (χ4n) is 2.17. The predicted molar refractivity (Wildman–Crippen MR) is 62.0 cm³/mol. The summed E-state index contributed by atoms with van der Waals surface area (Å²) in [6, 6.07) is 0.0572. The van der Waals surface area contributed by atoms with Crippen molar-refractivity contribution < 1.29 is 4.79 Å². The highest BCUT2D eigenvalue weighted by atomic mass is 16.2. The van der Waals surface area contributed by atoms with Crippen LogP contribution in [0.3, 0.4) is 0 Å². The van der Waals surface area contributed by atoms with Gasteiger partial charge in [-0.25, -0.2) is 0 Å². The second-order valence-electron chi connectivity index (χ2n) is 4.71. The number of aryl methyl sites for hydroxylation is 2. The maximum atomic E-state index is 11.7. The zero-order chi connectivity index (χ0) is 11.9. The second kappa shape index (κ2) is 3.92. The molecule has 1 aromatic rings. The third-order valence-corrected chi connectivity index (χ3v) is 3.30. The van der Waals surface area contributed by atoms with E-state index in [0.29, 0.717) is 0 Å². The Morgan fingerprint density at radius 3 is 2.56 bits per heavy atom. The van der Waals surface area contributed by atoms with Gasteiger partial charge in [0, 0.05) is 24.2 Å². The molecular weight excluding hydrogens is 202 g/mol.